The Morgan fingerprint density at radius 3 is 2.47 bits per heavy atom. The number of benzene rings is 1. The quantitative estimate of drug-likeness (QED) is 0.479. The van der Waals surface area contributed by atoms with Crippen LogP contribution in [-0.2, 0) is 0 Å². The third-order valence-corrected chi connectivity index (χ3v) is 3.81. The normalized spacial score (nSPS) is 27.3. The van der Waals surface area contributed by atoms with Gasteiger partial charge >= 0.3 is 0 Å². The minimum Gasteiger partial charge on any atom is -0.123 e. The van der Waals surface area contributed by atoms with Gasteiger partial charge in [-0.05, 0) is 37.7 Å². The lowest BCUT2D eigenvalue weighted by molar-refractivity contribution is 0.595. The Morgan fingerprint density at radius 1 is 1.07 bits per heavy atom. The molecule has 1 heteroatoms. The van der Waals surface area contributed by atoms with Gasteiger partial charge in [-0.1, -0.05) is 42.7 Å². The monoisotopic (exact) mass is 222 g/mol. The first-order valence-corrected chi connectivity index (χ1v) is 6.40. The fourth-order valence-corrected chi connectivity index (χ4v) is 2.81. The molecule has 0 heterocycles. The van der Waals surface area contributed by atoms with Crippen LogP contribution in [0.4, 0.5) is 0 Å². The molecule has 0 aliphatic heterocycles. The second-order valence-electron chi connectivity index (χ2n) is 4.73. The van der Waals surface area contributed by atoms with Crippen LogP contribution in [0.1, 0.15) is 49.1 Å². The molecule has 0 radical (unpaired) electrons. The molecule has 0 saturated heterocycles. The zero-order valence-corrected chi connectivity index (χ0v) is 10.1. The van der Waals surface area contributed by atoms with Crippen molar-refractivity contribution in [2.75, 3.05) is 0 Å². The number of aryl methyl sites for hydroxylation is 1. The molecule has 1 aliphatic carbocycles. The summed E-state index contributed by atoms with van der Waals surface area (Å²) in [7, 11) is 0. The maximum Gasteiger partial charge on any atom is 0.0341 e. The van der Waals surface area contributed by atoms with E-state index in [1.807, 2.05) is 0 Å². The molecule has 2 rings (SSSR count). The minimum atomic E-state index is 0.388. The van der Waals surface area contributed by atoms with E-state index in [2.05, 4.69) is 31.2 Å². The molecular weight excluding hydrogens is 204 g/mol. The van der Waals surface area contributed by atoms with Gasteiger partial charge in [-0.25, -0.2) is 0 Å². The van der Waals surface area contributed by atoms with E-state index in [1.54, 1.807) is 0 Å². The average molecular weight is 223 g/mol. The van der Waals surface area contributed by atoms with Gasteiger partial charge in [-0.3, -0.25) is 0 Å². The maximum atomic E-state index is 6.30. The summed E-state index contributed by atoms with van der Waals surface area (Å²) >= 11 is 6.30. The van der Waals surface area contributed by atoms with Crippen LogP contribution in [0.25, 0.3) is 0 Å². The minimum absolute atomic E-state index is 0.388. The predicted octanol–water partition coefficient (Wildman–Crippen LogP) is 4.65. The molecule has 1 aromatic rings. The van der Waals surface area contributed by atoms with Gasteiger partial charge < -0.3 is 0 Å². The third kappa shape index (κ3) is 2.98. The fourth-order valence-electron chi connectivity index (χ4n) is 2.44. The molecule has 2 atom stereocenters. The predicted molar refractivity (Wildman–Crippen MR) is 66.6 cm³/mol. The van der Waals surface area contributed by atoms with E-state index in [9.17, 15) is 0 Å². The molecule has 15 heavy (non-hydrogen) atoms. The highest BCUT2D eigenvalue weighted by atomic mass is 35.5. The van der Waals surface area contributed by atoms with Crippen molar-refractivity contribution in [1.82, 2.24) is 0 Å². The van der Waals surface area contributed by atoms with Crippen molar-refractivity contribution < 1.29 is 0 Å². The zero-order chi connectivity index (χ0) is 10.7. The first kappa shape index (κ1) is 11.0. The second kappa shape index (κ2) is 5.03. The lowest BCUT2D eigenvalue weighted by Crippen LogP contribution is -2.04. The maximum absolute atomic E-state index is 6.30. The van der Waals surface area contributed by atoms with Crippen molar-refractivity contribution in [3.05, 3.63) is 35.4 Å². The summed E-state index contributed by atoms with van der Waals surface area (Å²) in [6.07, 6.45) is 6.30. The Balaban J connectivity index is 2.11. The largest absolute Gasteiger partial charge is 0.123 e. The summed E-state index contributed by atoms with van der Waals surface area (Å²) in [5, 5.41) is 0.388. The van der Waals surface area contributed by atoms with E-state index < -0.39 is 0 Å². The molecule has 0 N–H and O–H groups in total. The lowest BCUT2D eigenvalue weighted by Gasteiger charge is -2.16. The van der Waals surface area contributed by atoms with Crippen LogP contribution in [0, 0.1) is 6.92 Å². The smallest absolute Gasteiger partial charge is 0.0341 e. The van der Waals surface area contributed by atoms with Crippen LogP contribution in [0.2, 0.25) is 0 Å². The van der Waals surface area contributed by atoms with Crippen molar-refractivity contribution in [3.63, 3.8) is 0 Å². The van der Waals surface area contributed by atoms with Crippen molar-refractivity contribution in [2.45, 2.75) is 50.3 Å². The van der Waals surface area contributed by atoms with Crippen molar-refractivity contribution in [2.24, 2.45) is 0 Å². The van der Waals surface area contributed by atoms with E-state index in [4.69, 9.17) is 11.6 Å². The van der Waals surface area contributed by atoms with Gasteiger partial charge in [0, 0.05) is 5.38 Å². The van der Waals surface area contributed by atoms with Crippen LogP contribution in [-0.4, -0.2) is 5.38 Å². The van der Waals surface area contributed by atoms with Crippen molar-refractivity contribution in [3.8, 4) is 0 Å². The van der Waals surface area contributed by atoms with E-state index in [-0.39, 0.29) is 0 Å². The summed E-state index contributed by atoms with van der Waals surface area (Å²) in [5.41, 5.74) is 2.82. The standard InChI is InChI=1S/C14H19Cl/c1-11-6-8-12(9-7-11)13-4-2-3-5-14(15)10-13/h6-9,13-14H,2-5,10H2,1H3. The number of hydrogen-bond acceptors (Lipinski definition) is 0. The fraction of sp³-hybridized carbons (Fsp3) is 0.571. The molecule has 0 bridgehead atoms. The SMILES string of the molecule is Cc1ccc(C2CCCCC(Cl)C2)cc1. The molecule has 1 aliphatic rings. The van der Waals surface area contributed by atoms with Gasteiger partial charge in [0.25, 0.3) is 0 Å². The number of halogens is 1. The van der Waals surface area contributed by atoms with Crippen LogP contribution >= 0.6 is 11.6 Å². The Kier molecular flexibility index (Phi) is 3.69. The average Bonchev–Trinajstić information content (AvgIpc) is 2.44. The van der Waals surface area contributed by atoms with Crippen LogP contribution in [0.15, 0.2) is 24.3 Å². The Labute approximate surface area is 97.6 Å². The molecule has 82 valence electrons. The third-order valence-electron chi connectivity index (χ3n) is 3.41. The van der Waals surface area contributed by atoms with E-state index >= 15 is 0 Å². The first-order valence-electron chi connectivity index (χ1n) is 5.96. The summed E-state index contributed by atoms with van der Waals surface area (Å²) in [6.45, 7) is 2.14. The topological polar surface area (TPSA) is 0 Å². The highest BCUT2D eigenvalue weighted by Crippen LogP contribution is 2.33. The van der Waals surface area contributed by atoms with Crippen molar-refractivity contribution >= 4 is 11.6 Å². The summed E-state index contributed by atoms with van der Waals surface area (Å²) in [4.78, 5) is 0. The molecule has 0 amide bonds. The lowest BCUT2D eigenvalue weighted by atomic mass is 9.91. The van der Waals surface area contributed by atoms with Crippen molar-refractivity contribution in [1.29, 1.82) is 0 Å². The van der Waals surface area contributed by atoms with Gasteiger partial charge in [0.2, 0.25) is 0 Å². The molecule has 1 fully saturated rings. The van der Waals surface area contributed by atoms with Gasteiger partial charge in [0.1, 0.15) is 0 Å². The number of hydrogen-bond donors (Lipinski definition) is 0. The first-order chi connectivity index (χ1) is 7.25. The number of rotatable bonds is 1. The zero-order valence-electron chi connectivity index (χ0n) is 9.38. The summed E-state index contributed by atoms with van der Waals surface area (Å²) < 4.78 is 0. The number of alkyl halides is 1. The Bertz CT molecular complexity index is 302. The molecule has 0 spiro atoms. The van der Waals surface area contributed by atoms with Gasteiger partial charge in [0.15, 0.2) is 0 Å². The molecule has 0 nitrogen and oxygen atoms in total. The molecule has 2 unspecified atom stereocenters. The Hall–Kier alpha value is -0.490. The van der Waals surface area contributed by atoms with E-state index in [0.717, 1.165) is 6.42 Å². The van der Waals surface area contributed by atoms with Gasteiger partial charge in [-0.15, -0.1) is 11.6 Å². The second-order valence-corrected chi connectivity index (χ2v) is 5.34. The van der Waals surface area contributed by atoms with Crippen LogP contribution in [0.3, 0.4) is 0 Å². The Morgan fingerprint density at radius 2 is 1.73 bits per heavy atom. The van der Waals surface area contributed by atoms with Gasteiger partial charge in [0.05, 0.1) is 0 Å². The van der Waals surface area contributed by atoms with E-state index in [0.29, 0.717) is 11.3 Å². The molecular formula is C14H19Cl. The molecule has 1 aromatic carbocycles. The highest BCUT2D eigenvalue weighted by Gasteiger charge is 2.19. The summed E-state index contributed by atoms with van der Waals surface area (Å²) in [6, 6.07) is 8.97. The van der Waals surface area contributed by atoms with Crippen LogP contribution < -0.4 is 0 Å². The van der Waals surface area contributed by atoms with Gasteiger partial charge in [-0.2, -0.15) is 0 Å². The van der Waals surface area contributed by atoms with Crippen LogP contribution in [0.5, 0.6) is 0 Å². The molecule has 1 saturated carbocycles. The molecule has 0 aromatic heterocycles. The summed E-state index contributed by atoms with van der Waals surface area (Å²) in [5.74, 6) is 0.690. The van der Waals surface area contributed by atoms with E-state index in [1.165, 1.54) is 36.8 Å². The highest BCUT2D eigenvalue weighted by molar-refractivity contribution is 6.20.